The summed E-state index contributed by atoms with van der Waals surface area (Å²) < 4.78 is 16.8. The summed E-state index contributed by atoms with van der Waals surface area (Å²) in [6.45, 7) is 6.44. The molecule has 1 atom stereocenters. The van der Waals surface area contributed by atoms with E-state index in [1.807, 2.05) is 6.08 Å². The molecule has 0 amide bonds. The molecule has 0 aliphatic rings. The molecule has 1 unspecified atom stereocenters. The molecule has 0 fully saturated rings. The Balaban J connectivity index is 4.52. The van der Waals surface area contributed by atoms with Gasteiger partial charge in [-0.1, -0.05) is 246 Å². The Morgan fingerprint density at radius 1 is 0.292 bits per heavy atom. The van der Waals surface area contributed by atoms with E-state index in [-0.39, 0.29) is 37.5 Å². The van der Waals surface area contributed by atoms with E-state index in [2.05, 4.69) is 124 Å². The van der Waals surface area contributed by atoms with Crippen molar-refractivity contribution in [2.75, 3.05) is 13.2 Å². The van der Waals surface area contributed by atoms with Crippen LogP contribution >= 0.6 is 0 Å². The van der Waals surface area contributed by atoms with Gasteiger partial charge >= 0.3 is 17.9 Å². The highest BCUT2D eigenvalue weighted by molar-refractivity contribution is 5.71. The molecule has 0 aromatic carbocycles. The lowest BCUT2D eigenvalue weighted by Crippen LogP contribution is -2.30. The van der Waals surface area contributed by atoms with Crippen molar-refractivity contribution >= 4 is 17.9 Å². The third-order valence-corrected chi connectivity index (χ3v) is 12.5. The molecule has 0 aromatic rings. The van der Waals surface area contributed by atoms with Gasteiger partial charge in [-0.25, -0.2) is 0 Å². The van der Waals surface area contributed by atoms with Crippen LogP contribution in [0.1, 0.15) is 271 Å². The molecule has 0 heterocycles. The lowest BCUT2D eigenvalue weighted by atomic mass is 10.1. The number of rotatable bonds is 53. The minimum absolute atomic E-state index is 0.108. The van der Waals surface area contributed by atoms with Crippen LogP contribution in [0.25, 0.3) is 0 Å². The van der Waals surface area contributed by atoms with Crippen molar-refractivity contribution < 1.29 is 28.6 Å². The molecule has 6 nitrogen and oxygen atoms in total. The molecule has 72 heavy (non-hydrogen) atoms. The van der Waals surface area contributed by atoms with Crippen LogP contribution in [0.15, 0.2) is 109 Å². The van der Waals surface area contributed by atoms with Crippen LogP contribution in [0.5, 0.6) is 0 Å². The first-order chi connectivity index (χ1) is 35.5. The molecule has 0 aliphatic heterocycles. The predicted molar refractivity (Wildman–Crippen MR) is 311 cm³/mol. The Bertz CT molecular complexity index is 1470. The average Bonchev–Trinajstić information content (AvgIpc) is 3.38. The largest absolute Gasteiger partial charge is 0.462 e. The highest BCUT2D eigenvalue weighted by Crippen LogP contribution is 2.14. The molecule has 0 spiro atoms. The summed E-state index contributed by atoms with van der Waals surface area (Å²) in [6.07, 6.45) is 80.9. The molecule has 0 aliphatic carbocycles. The molecular weight excluding hydrogens is 889 g/mol. The van der Waals surface area contributed by atoms with Gasteiger partial charge in [0.2, 0.25) is 0 Å². The van der Waals surface area contributed by atoms with Gasteiger partial charge in [0.1, 0.15) is 13.2 Å². The van der Waals surface area contributed by atoms with E-state index in [4.69, 9.17) is 14.2 Å². The number of hydrogen-bond donors (Lipinski definition) is 0. The second kappa shape index (κ2) is 59.6. The summed E-state index contributed by atoms with van der Waals surface area (Å²) in [5.41, 5.74) is 0. The summed E-state index contributed by atoms with van der Waals surface area (Å²) in [5, 5.41) is 0. The summed E-state index contributed by atoms with van der Waals surface area (Å²) in [4.78, 5) is 38.2. The fraction of sp³-hybridized carbons (Fsp3) is 0.682. The van der Waals surface area contributed by atoms with Crippen LogP contribution < -0.4 is 0 Å². The highest BCUT2D eigenvalue weighted by atomic mass is 16.6. The zero-order valence-corrected chi connectivity index (χ0v) is 46.9. The van der Waals surface area contributed by atoms with Crippen molar-refractivity contribution in [1.29, 1.82) is 0 Å². The van der Waals surface area contributed by atoms with E-state index in [9.17, 15) is 14.4 Å². The van der Waals surface area contributed by atoms with E-state index in [1.165, 1.54) is 135 Å². The van der Waals surface area contributed by atoms with Gasteiger partial charge in [0.05, 0.1) is 0 Å². The molecular formula is C66H110O6. The second-order valence-corrected chi connectivity index (χ2v) is 19.5. The Labute approximate surface area is 444 Å². The lowest BCUT2D eigenvalue weighted by molar-refractivity contribution is -0.166. The maximum Gasteiger partial charge on any atom is 0.306 e. The topological polar surface area (TPSA) is 78.9 Å². The van der Waals surface area contributed by atoms with E-state index >= 15 is 0 Å². The molecule has 0 N–H and O–H groups in total. The van der Waals surface area contributed by atoms with Gasteiger partial charge in [-0.15, -0.1) is 0 Å². The first-order valence-electron chi connectivity index (χ1n) is 29.9. The van der Waals surface area contributed by atoms with Gasteiger partial charge in [-0.05, 0) is 116 Å². The molecule has 0 saturated carbocycles. The number of carbonyl (C=O) groups is 3. The van der Waals surface area contributed by atoms with Gasteiger partial charge in [-0.2, -0.15) is 0 Å². The quantitative estimate of drug-likeness (QED) is 0.0261. The molecule has 410 valence electrons. The number of allylic oxidation sites excluding steroid dienone is 18. The normalized spacial score (nSPS) is 12.9. The summed E-state index contributed by atoms with van der Waals surface area (Å²) in [7, 11) is 0. The maximum absolute atomic E-state index is 12.9. The van der Waals surface area contributed by atoms with E-state index in [1.54, 1.807) is 0 Å². The molecule has 0 saturated heterocycles. The standard InChI is InChI=1S/C66H110O6/c1-4-7-10-13-16-19-22-25-28-31-33-36-38-41-44-47-50-53-56-59-65(68)71-62-63(61-70-64(67)58-55-52-49-46-43-40-37-34-30-27-24-21-18-15-12-9-6-3)72-66(69)60-57-54-51-48-45-42-39-35-32-29-26-23-20-17-14-11-8-5-2/h7,10,16,18-19,21,25,27-30,32-33,36,41,44,50,53,63H,4-6,8-9,11-15,17,20,22-24,26,31,34-35,37-40,42-43,45-49,51-52,54-62H2,1-3H3/b10-7-,19-16-,21-18-,28-25-,30-27-,32-29-,36-33-,44-41-,53-50-. The number of ether oxygens (including phenoxy) is 3. The smallest absolute Gasteiger partial charge is 0.306 e. The first-order valence-corrected chi connectivity index (χ1v) is 29.9. The first kappa shape index (κ1) is 68.1. The Morgan fingerprint density at radius 2 is 0.569 bits per heavy atom. The summed E-state index contributed by atoms with van der Waals surface area (Å²) in [6, 6.07) is 0. The van der Waals surface area contributed by atoms with Gasteiger partial charge in [0.25, 0.3) is 0 Å². The number of unbranched alkanes of at least 4 members (excludes halogenated alkanes) is 24. The minimum Gasteiger partial charge on any atom is -0.462 e. The van der Waals surface area contributed by atoms with E-state index in [0.29, 0.717) is 19.3 Å². The number of carbonyl (C=O) groups excluding carboxylic acids is 3. The Kier molecular flexibility index (Phi) is 56.4. The molecule has 0 aromatic heterocycles. The highest BCUT2D eigenvalue weighted by Gasteiger charge is 2.19. The van der Waals surface area contributed by atoms with Crippen molar-refractivity contribution in [1.82, 2.24) is 0 Å². The molecule has 6 heteroatoms. The van der Waals surface area contributed by atoms with Gasteiger partial charge < -0.3 is 14.2 Å². The minimum atomic E-state index is -0.817. The van der Waals surface area contributed by atoms with Crippen molar-refractivity contribution in [3.63, 3.8) is 0 Å². The van der Waals surface area contributed by atoms with Crippen LogP contribution in [0.4, 0.5) is 0 Å². The number of hydrogen-bond acceptors (Lipinski definition) is 6. The van der Waals surface area contributed by atoms with Crippen molar-refractivity contribution in [2.45, 2.75) is 277 Å². The van der Waals surface area contributed by atoms with Gasteiger partial charge in [0, 0.05) is 19.3 Å². The third-order valence-electron chi connectivity index (χ3n) is 12.5. The fourth-order valence-electron chi connectivity index (χ4n) is 8.02. The van der Waals surface area contributed by atoms with Gasteiger partial charge in [0.15, 0.2) is 6.10 Å². The lowest BCUT2D eigenvalue weighted by Gasteiger charge is -2.18. The summed E-state index contributed by atoms with van der Waals surface area (Å²) >= 11 is 0. The van der Waals surface area contributed by atoms with Crippen LogP contribution in [0.3, 0.4) is 0 Å². The van der Waals surface area contributed by atoms with Crippen LogP contribution in [-0.4, -0.2) is 37.2 Å². The second-order valence-electron chi connectivity index (χ2n) is 19.5. The predicted octanol–water partition coefficient (Wildman–Crippen LogP) is 20.3. The van der Waals surface area contributed by atoms with E-state index < -0.39 is 6.10 Å². The van der Waals surface area contributed by atoms with Crippen molar-refractivity contribution in [3.8, 4) is 0 Å². The van der Waals surface area contributed by atoms with Crippen LogP contribution in [0, 0.1) is 0 Å². The zero-order valence-electron chi connectivity index (χ0n) is 46.9. The summed E-state index contributed by atoms with van der Waals surface area (Å²) in [5.74, 6) is -1.00. The Hall–Kier alpha value is -3.93. The SMILES string of the molecule is CC/C=C\C/C=C\C/C=C\C/C=C\C/C=C\C/C=C\CCC(=O)OCC(COC(=O)CCCCCCCCC/C=C\C/C=C\CCCCC)OC(=O)CCCCCCCCC/C=C\CCCCCCCCC. The maximum atomic E-state index is 12.9. The van der Waals surface area contributed by atoms with Crippen molar-refractivity contribution in [3.05, 3.63) is 109 Å². The fourth-order valence-corrected chi connectivity index (χ4v) is 8.02. The van der Waals surface area contributed by atoms with Gasteiger partial charge in [-0.3, -0.25) is 14.4 Å². The van der Waals surface area contributed by atoms with Crippen LogP contribution in [0.2, 0.25) is 0 Å². The average molecular weight is 1000 g/mol. The van der Waals surface area contributed by atoms with Crippen LogP contribution in [-0.2, 0) is 28.6 Å². The van der Waals surface area contributed by atoms with E-state index in [0.717, 1.165) is 89.9 Å². The molecule has 0 bridgehead atoms. The molecule has 0 rings (SSSR count). The molecule has 0 radical (unpaired) electrons. The Morgan fingerprint density at radius 3 is 0.972 bits per heavy atom. The zero-order chi connectivity index (χ0) is 52.2. The third kappa shape index (κ3) is 57.0. The van der Waals surface area contributed by atoms with Crippen molar-refractivity contribution in [2.24, 2.45) is 0 Å². The monoisotopic (exact) mass is 999 g/mol. The number of esters is 3.